The predicted molar refractivity (Wildman–Crippen MR) is 72.9 cm³/mol. The van der Waals surface area contributed by atoms with Crippen molar-refractivity contribution in [3.8, 4) is 0 Å². The molecule has 0 radical (unpaired) electrons. The first-order valence-electron chi connectivity index (χ1n) is 6.02. The number of carboxylic acids is 1. The molecule has 1 rings (SSSR count). The Morgan fingerprint density at radius 2 is 2.05 bits per heavy atom. The van der Waals surface area contributed by atoms with Gasteiger partial charge in [-0.15, -0.1) is 11.3 Å². The topological polar surface area (TPSA) is 96.4 Å². The molecule has 1 atom stereocenters. The number of rotatable bonds is 7. The Hall–Kier alpha value is -0.990. The van der Waals surface area contributed by atoms with Gasteiger partial charge < -0.3 is 5.11 Å². The van der Waals surface area contributed by atoms with Gasteiger partial charge in [-0.3, -0.25) is 0 Å². The highest BCUT2D eigenvalue weighted by Crippen LogP contribution is 2.22. The first kappa shape index (κ1) is 16.1. The fourth-order valence-corrected chi connectivity index (χ4v) is 4.43. The molecule has 0 aliphatic carbocycles. The maximum absolute atomic E-state index is 12.2. The minimum Gasteiger partial charge on any atom is -0.476 e. The standard InChI is InChI=1S/C11H18N2O4S2/c1-4-8(5-2)7(3)13-19(16,17)11-9(10(14)15)12-6-18-11/h6-8,13H,4-5H2,1-3H3,(H,14,15). The Bertz CT molecular complexity index is 535. The lowest BCUT2D eigenvalue weighted by Crippen LogP contribution is -2.37. The van der Waals surface area contributed by atoms with Crippen molar-refractivity contribution in [2.24, 2.45) is 5.92 Å². The van der Waals surface area contributed by atoms with Gasteiger partial charge in [-0.2, -0.15) is 0 Å². The van der Waals surface area contributed by atoms with Crippen LogP contribution in [0.2, 0.25) is 0 Å². The molecule has 19 heavy (non-hydrogen) atoms. The van der Waals surface area contributed by atoms with Gasteiger partial charge in [0.2, 0.25) is 0 Å². The molecule has 0 saturated carbocycles. The van der Waals surface area contributed by atoms with Crippen molar-refractivity contribution in [1.29, 1.82) is 0 Å². The second kappa shape index (κ2) is 6.44. The lowest BCUT2D eigenvalue weighted by atomic mass is 9.96. The molecule has 1 unspecified atom stereocenters. The van der Waals surface area contributed by atoms with E-state index in [1.54, 1.807) is 6.92 Å². The van der Waals surface area contributed by atoms with Gasteiger partial charge >= 0.3 is 5.97 Å². The number of carboxylic acid groups (broad SMARTS) is 1. The predicted octanol–water partition coefficient (Wildman–Crippen LogP) is 1.94. The van der Waals surface area contributed by atoms with E-state index in [0.717, 1.165) is 24.2 Å². The van der Waals surface area contributed by atoms with E-state index in [9.17, 15) is 13.2 Å². The normalized spacial score (nSPS) is 13.7. The third-order valence-corrected chi connectivity index (χ3v) is 6.01. The van der Waals surface area contributed by atoms with Crippen LogP contribution in [0.25, 0.3) is 0 Å². The molecule has 1 aromatic rings. The zero-order chi connectivity index (χ0) is 14.6. The van der Waals surface area contributed by atoms with Gasteiger partial charge in [0.1, 0.15) is 0 Å². The summed E-state index contributed by atoms with van der Waals surface area (Å²) in [6, 6.07) is -0.247. The summed E-state index contributed by atoms with van der Waals surface area (Å²) in [5.74, 6) is -1.12. The molecule has 0 spiro atoms. The van der Waals surface area contributed by atoms with Crippen LogP contribution in [-0.4, -0.2) is 30.5 Å². The summed E-state index contributed by atoms with van der Waals surface area (Å²) in [4.78, 5) is 14.5. The van der Waals surface area contributed by atoms with E-state index < -0.39 is 21.7 Å². The number of aromatic nitrogens is 1. The lowest BCUT2D eigenvalue weighted by Gasteiger charge is -2.21. The van der Waals surface area contributed by atoms with Gasteiger partial charge in [0, 0.05) is 6.04 Å². The van der Waals surface area contributed by atoms with Crippen molar-refractivity contribution in [2.75, 3.05) is 0 Å². The molecule has 0 aromatic carbocycles. The smallest absolute Gasteiger partial charge is 0.356 e. The van der Waals surface area contributed by atoms with Crippen molar-refractivity contribution in [3.05, 3.63) is 11.2 Å². The van der Waals surface area contributed by atoms with Crippen LogP contribution in [0.1, 0.15) is 44.1 Å². The van der Waals surface area contributed by atoms with Crippen molar-refractivity contribution < 1.29 is 18.3 Å². The van der Waals surface area contributed by atoms with Crippen LogP contribution < -0.4 is 4.72 Å². The van der Waals surface area contributed by atoms with E-state index in [1.165, 1.54) is 5.51 Å². The summed E-state index contributed by atoms with van der Waals surface area (Å²) in [5, 5.41) is 8.91. The highest BCUT2D eigenvalue weighted by atomic mass is 32.2. The highest BCUT2D eigenvalue weighted by molar-refractivity contribution is 7.91. The number of aromatic carboxylic acids is 1. The molecule has 1 heterocycles. The highest BCUT2D eigenvalue weighted by Gasteiger charge is 2.28. The molecule has 2 N–H and O–H groups in total. The van der Waals surface area contributed by atoms with Gasteiger partial charge in [0.15, 0.2) is 9.90 Å². The first-order chi connectivity index (χ1) is 8.83. The maximum Gasteiger partial charge on any atom is 0.356 e. The molecule has 8 heteroatoms. The molecule has 0 fully saturated rings. The monoisotopic (exact) mass is 306 g/mol. The summed E-state index contributed by atoms with van der Waals surface area (Å²) < 4.78 is 26.6. The van der Waals surface area contributed by atoms with Crippen molar-refractivity contribution in [1.82, 2.24) is 9.71 Å². The summed E-state index contributed by atoms with van der Waals surface area (Å²) in [6.07, 6.45) is 1.71. The van der Waals surface area contributed by atoms with Crippen LogP contribution in [0.15, 0.2) is 9.72 Å². The van der Waals surface area contributed by atoms with E-state index in [0.29, 0.717) is 0 Å². The number of carbonyl (C=O) groups is 1. The Labute approximate surface area is 116 Å². The minimum atomic E-state index is -3.83. The zero-order valence-corrected chi connectivity index (χ0v) is 12.7. The van der Waals surface area contributed by atoms with Gasteiger partial charge in [-0.1, -0.05) is 26.7 Å². The van der Waals surface area contributed by atoms with Crippen LogP contribution in [0.3, 0.4) is 0 Å². The molecular weight excluding hydrogens is 288 g/mol. The maximum atomic E-state index is 12.2. The number of sulfonamides is 1. The van der Waals surface area contributed by atoms with Crippen molar-refractivity contribution in [3.63, 3.8) is 0 Å². The Morgan fingerprint density at radius 3 is 2.53 bits per heavy atom. The Kier molecular flexibility index (Phi) is 5.45. The number of thiazole rings is 1. The van der Waals surface area contributed by atoms with Gasteiger partial charge in [-0.25, -0.2) is 22.9 Å². The Morgan fingerprint density at radius 1 is 1.47 bits per heavy atom. The van der Waals surface area contributed by atoms with Crippen LogP contribution >= 0.6 is 11.3 Å². The molecule has 0 aliphatic rings. The summed E-state index contributed by atoms with van der Waals surface area (Å²) in [5.41, 5.74) is 0.800. The van der Waals surface area contributed by atoms with Crippen LogP contribution in [0.5, 0.6) is 0 Å². The summed E-state index contributed by atoms with van der Waals surface area (Å²) >= 11 is 0.811. The van der Waals surface area contributed by atoms with Crippen molar-refractivity contribution in [2.45, 2.75) is 43.9 Å². The fourth-order valence-electron chi connectivity index (χ4n) is 1.96. The SMILES string of the molecule is CCC(CC)C(C)NS(=O)(=O)c1scnc1C(=O)O. The first-order valence-corrected chi connectivity index (χ1v) is 8.38. The van der Waals surface area contributed by atoms with E-state index in [2.05, 4.69) is 9.71 Å². The molecule has 1 aromatic heterocycles. The molecule has 6 nitrogen and oxygen atoms in total. The minimum absolute atomic E-state index is 0.218. The second-order valence-electron chi connectivity index (χ2n) is 4.28. The van der Waals surface area contributed by atoms with Crippen molar-refractivity contribution >= 4 is 27.3 Å². The second-order valence-corrected chi connectivity index (χ2v) is 7.04. The zero-order valence-electron chi connectivity index (χ0n) is 11.1. The number of nitrogens with one attached hydrogen (secondary N) is 1. The average Bonchev–Trinajstić information content (AvgIpc) is 2.79. The van der Waals surface area contributed by atoms with Crippen LogP contribution in [-0.2, 0) is 10.0 Å². The van der Waals surface area contributed by atoms with Gasteiger partial charge in [0.25, 0.3) is 10.0 Å². The third kappa shape index (κ3) is 3.74. The molecule has 0 aliphatic heterocycles. The average molecular weight is 306 g/mol. The number of hydrogen-bond acceptors (Lipinski definition) is 5. The van der Waals surface area contributed by atoms with E-state index in [4.69, 9.17) is 5.11 Å². The Balaban J connectivity index is 2.99. The number of nitrogens with zero attached hydrogens (tertiary/aromatic N) is 1. The van der Waals surface area contributed by atoms with Crippen LogP contribution in [0.4, 0.5) is 0 Å². The van der Waals surface area contributed by atoms with Gasteiger partial charge in [-0.05, 0) is 12.8 Å². The summed E-state index contributed by atoms with van der Waals surface area (Å²) in [7, 11) is -3.83. The number of hydrogen-bond donors (Lipinski definition) is 2. The molecular formula is C11H18N2O4S2. The molecule has 0 saturated heterocycles. The van der Waals surface area contributed by atoms with Crippen LogP contribution in [0, 0.1) is 5.92 Å². The molecule has 0 bridgehead atoms. The summed E-state index contributed by atoms with van der Waals surface area (Å²) in [6.45, 7) is 5.78. The molecule has 108 valence electrons. The lowest BCUT2D eigenvalue weighted by molar-refractivity contribution is 0.0687. The quantitative estimate of drug-likeness (QED) is 0.802. The van der Waals surface area contributed by atoms with E-state index in [-0.39, 0.29) is 16.2 Å². The van der Waals surface area contributed by atoms with E-state index in [1.807, 2.05) is 13.8 Å². The van der Waals surface area contributed by atoms with E-state index >= 15 is 0 Å². The molecule has 0 amide bonds. The third-order valence-electron chi connectivity index (χ3n) is 3.08. The largest absolute Gasteiger partial charge is 0.476 e. The van der Waals surface area contributed by atoms with Gasteiger partial charge in [0.05, 0.1) is 5.51 Å². The fraction of sp³-hybridized carbons (Fsp3) is 0.636.